The largest absolute Gasteiger partial charge is 0.438 e. The maximum atomic E-state index is 13.1. The van der Waals surface area contributed by atoms with Gasteiger partial charge in [-0.25, -0.2) is 20.2 Å². The maximum Gasteiger partial charge on any atom is 0.227 e. The Labute approximate surface area is 117 Å². The summed E-state index contributed by atoms with van der Waals surface area (Å²) < 4.78 is 18.9. The molecule has 0 aliphatic heterocycles. The van der Waals surface area contributed by atoms with Gasteiger partial charge in [-0.05, 0) is 36.6 Å². The first-order valence-electron chi connectivity index (χ1n) is 6.28. The van der Waals surface area contributed by atoms with Crippen LogP contribution < -0.4 is 16.0 Å². The lowest BCUT2D eigenvalue weighted by Gasteiger charge is -2.16. The molecule has 5 nitrogen and oxygen atoms in total. The molecule has 0 radical (unpaired) electrons. The van der Waals surface area contributed by atoms with Crippen molar-refractivity contribution < 1.29 is 9.13 Å². The van der Waals surface area contributed by atoms with Crippen LogP contribution in [0.2, 0.25) is 0 Å². The van der Waals surface area contributed by atoms with Crippen LogP contribution in [0, 0.1) is 12.7 Å². The van der Waals surface area contributed by atoms with E-state index in [0.29, 0.717) is 23.0 Å². The summed E-state index contributed by atoms with van der Waals surface area (Å²) in [5.41, 5.74) is 4.01. The number of hydrogen-bond donors (Lipinski definition) is 2. The van der Waals surface area contributed by atoms with Crippen LogP contribution in [0.25, 0.3) is 0 Å². The maximum absolute atomic E-state index is 13.1. The number of benzene rings is 1. The summed E-state index contributed by atoms with van der Waals surface area (Å²) in [4.78, 5) is 8.21. The molecule has 0 aliphatic carbocycles. The van der Waals surface area contributed by atoms with Crippen molar-refractivity contribution in [1.29, 1.82) is 0 Å². The molecule has 0 bridgehead atoms. The third-order valence-electron chi connectivity index (χ3n) is 2.91. The van der Waals surface area contributed by atoms with Crippen LogP contribution in [0.5, 0.6) is 11.6 Å². The molecule has 0 fully saturated rings. The van der Waals surface area contributed by atoms with Crippen molar-refractivity contribution in [3.05, 3.63) is 41.5 Å². The lowest BCUT2D eigenvalue weighted by Crippen LogP contribution is -2.13. The number of aryl methyl sites for hydroxylation is 1. The number of hydrazine groups is 1. The second-order valence-corrected chi connectivity index (χ2v) is 4.75. The van der Waals surface area contributed by atoms with Crippen molar-refractivity contribution in [3.8, 4) is 11.6 Å². The normalized spacial score (nSPS) is 10.7. The van der Waals surface area contributed by atoms with Crippen molar-refractivity contribution in [2.75, 3.05) is 5.43 Å². The van der Waals surface area contributed by atoms with Crippen molar-refractivity contribution in [3.63, 3.8) is 0 Å². The first-order chi connectivity index (χ1) is 9.52. The molecule has 2 aromatic rings. The van der Waals surface area contributed by atoms with Gasteiger partial charge in [0.1, 0.15) is 17.9 Å². The lowest BCUT2D eigenvalue weighted by atomic mass is 10.1. The van der Waals surface area contributed by atoms with Crippen LogP contribution in [0.1, 0.15) is 30.9 Å². The SMILES string of the molecule is Cc1cc(F)ccc1Oc1ncnc(NN)c1C(C)C. The average molecular weight is 276 g/mol. The molecule has 20 heavy (non-hydrogen) atoms. The summed E-state index contributed by atoms with van der Waals surface area (Å²) in [6, 6.07) is 4.33. The minimum absolute atomic E-state index is 0.123. The summed E-state index contributed by atoms with van der Waals surface area (Å²) >= 11 is 0. The van der Waals surface area contributed by atoms with E-state index in [1.807, 2.05) is 13.8 Å². The number of halogens is 1. The number of aromatic nitrogens is 2. The van der Waals surface area contributed by atoms with E-state index >= 15 is 0 Å². The van der Waals surface area contributed by atoms with Crippen LogP contribution in [0.15, 0.2) is 24.5 Å². The molecule has 106 valence electrons. The molecule has 2 rings (SSSR count). The van der Waals surface area contributed by atoms with E-state index in [4.69, 9.17) is 10.6 Å². The number of nitrogen functional groups attached to an aromatic ring is 1. The highest BCUT2D eigenvalue weighted by Crippen LogP contribution is 2.33. The van der Waals surface area contributed by atoms with E-state index in [-0.39, 0.29) is 11.7 Å². The van der Waals surface area contributed by atoms with Crippen LogP contribution in [-0.2, 0) is 0 Å². The number of anilines is 1. The van der Waals surface area contributed by atoms with Crippen molar-refractivity contribution in [1.82, 2.24) is 9.97 Å². The molecule has 0 unspecified atom stereocenters. The highest BCUT2D eigenvalue weighted by atomic mass is 19.1. The first-order valence-corrected chi connectivity index (χ1v) is 6.28. The molecule has 0 saturated carbocycles. The molecule has 1 aromatic carbocycles. The van der Waals surface area contributed by atoms with Gasteiger partial charge in [-0.15, -0.1) is 0 Å². The van der Waals surface area contributed by atoms with Crippen LogP contribution in [0.4, 0.5) is 10.2 Å². The second-order valence-electron chi connectivity index (χ2n) is 4.75. The van der Waals surface area contributed by atoms with Crippen molar-refractivity contribution in [2.24, 2.45) is 5.84 Å². The Hall–Kier alpha value is -2.21. The highest BCUT2D eigenvalue weighted by molar-refractivity contribution is 5.51. The Balaban J connectivity index is 2.43. The Bertz CT molecular complexity index is 616. The van der Waals surface area contributed by atoms with Crippen LogP contribution in [0.3, 0.4) is 0 Å². The zero-order valence-corrected chi connectivity index (χ0v) is 11.6. The predicted octanol–water partition coefficient (Wildman–Crippen LogP) is 3.13. The molecule has 0 saturated heterocycles. The minimum atomic E-state index is -0.300. The van der Waals surface area contributed by atoms with E-state index in [1.54, 1.807) is 13.0 Å². The summed E-state index contributed by atoms with van der Waals surface area (Å²) in [5.74, 6) is 6.76. The van der Waals surface area contributed by atoms with Gasteiger partial charge in [0, 0.05) is 0 Å². The number of nitrogens with zero attached hydrogens (tertiary/aromatic N) is 2. The van der Waals surface area contributed by atoms with Gasteiger partial charge in [0.05, 0.1) is 5.56 Å². The third kappa shape index (κ3) is 2.85. The fraction of sp³-hybridized carbons (Fsp3) is 0.286. The van der Waals surface area contributed by atoms with Gasteiger partial charge >= 0.3 is 0 Å². The van der Waals surface area contributed by atoms with E-state index in [2.05, 4.69) is 15.4 Å². The first kappa shape index (κ1) is 14.2. The molecule has 1 heterocycles. The quantitative estimate of drug-likeness (QED) is 0.663. The molecule has 0 spiro atoms. The molecule has 0 amide bonds. The Morgan fingerprint density at radius 2 is 2.05 bits per heavy atom. The summed E-state index contributed by atoms with van der Waals surface area (Å²) in [6.07, 6.45) is 1.37. The minimum Gasteiger partial charge on any atom is -0.438 e. The number of rotatable bonds is 4. The van der Waals surface area contributed by atoms with E-state index in [0.717, 1.165) is 5.56 Å². The zero-order valence-electron chi connectivity index (χ0n) is 11.6. The van der Waals surface area contributed by atoms with E-state index < -0.39 is 0 Å². The highest BCUT2D eigenvalue weighted by Gasteiger charge is 2.17. The lowest BCUT2D eigenvalue weighted by molar-refractivity contribution is 0.447. The van der Waals surface area contributed by atoms with Crippen molar-refractivity contribution >= 4 is 5.82 Å². The van der Waals surface area contributed by atoms with Gasteiger partial charge in [-0.2, -0.15) is 0 Å². The van der Waals surface area contributed by atoms with Gasteiger partial charge < -0.3 is 10.2 Å². The number of ether oxygens (including phenoxy) is 1. The average Bonchev–Trinajstić information content (AvgIpc) is 2.41. The fourth-order valence-corrected chi connectivity index (χ4v) is 1.93. The van der Waals surface area contributed by atoms with E-state index in [9.17, 15) is 4.39 Å². The third-order valence-corrected chi connectivity index (χ3v) is 2.91. The number of hydrogen-bond acceptors (Lipinski definition) is 5. The van der Waals surface area contributed by atoms with Gasteiger partial charge in [-0.1, -0.05) is 13.8 Å². The number of nitrogens with two attached hydrogens (primary N) is 1. The summed E-state index contributed by atoms with van der Waals surface area (Å²) in [6.45, 7) is 5.75. The molecule has 0 aliphatic rings. The zero-order chi connectivity index (χ0) is 14.7. The predicted molar refractivity (Wildman–Crippen MR) is 75.1 cm³/mol. The monoisotopic (exact) mass is 276 g/mol. The molecular formula is C14H17FN4O. The molecular weight excluding hydrogens is 259 g/mol. The van der Waals surface area contributed by atoms with Crippen molar-refractivity contribution in [2.45, 2.75) is 26.7 Å². The molecule has 0 atom stereocenters. The Morgan fingerprint density at radius 1 is 1.30 bits per heavy atom. The van der Waals surface area contributed by atoms with Crippen LogP contribution >= 0.6 is 0 Å². The molecule has 1 aromatic heterocycles. The standard InChI is InChI=1S/C14H17FN4O/c1-8(2)12-13(19-16)17-7-18-14(12)20-11-5-4-10(15)6-9(11)3/h4-8H,16H2,1-3H3,(H,17,18,19). The smallest absolute Gasteiger partial charge is 0.227 e. The van der Waals surface area contributed by atoms with Gasteiger partial charge in [0.25, 0.3) is 0 Å². The summed E-state index contributed by atoms with van der Waals surface area (Å²) in [7, 11) is 0. The topological polar surface area (TPSA) is 73.1 Å². The Morgan fingerprint density at radius 3 is 2.65 bits per heavy atom. The molecule has 3 N–H and O–H groups in total. The van der Waals surface area contributed by atoms with E-state index in [1.165, 1.54) is 18.5 Å². The Kier molecular flexibility index (Phi) is 4.14. The summed E-state index contributed by atoms with van der Waals surface area (Å²) in [5, 5.41) is 0. The molecule has 6 heteroatoms. The van der Waals surface area contributed by atoms with Gasteiger partial charge in [-0.3, -0.25) is 0 Å². The van der Waals surface area contributed by atoms with Gasteiger partial charge in [0.15, 0.2) is 5.82 Å². The second kappa shape index (κ2) is 5.83. The van der Waals surface area contributed by atoms with Gasteiger partial charge in [0.2, 0.25) is 5.88 Å². The fourth-order valence-electron chi connectivity index (χ4n) is 1.93. The van der Waals surface area contributed by atoms with Crippen LogP contribution in [-0.4, -0.2) is 9.97 Å². The number of nitrogens with one attached hydrogen (secondary N) is 1.